The van der Waals surface area contributed by atoms with Gasteiger partial charge in [0.05, 0.1) is 11.0 Å². The average molecular weight is 403 g/mol. The minimum atomic E-state index is 0.794. The third-order valence-corrected chi connectivity index (χ3v) is 5.99. The van der Waals surface area contributed by atoms with Gasteiger partial charge in [-0.1, -0.05) is 84.4 Å². The Hall–Kier alpha value is -3.65. The number of imidazole rings is 1. The molecule has 2 nitrogen and oxygen atoms in total. The van der Waals surface area contributed by atoms with Crippen LogP contribution in [0.15, 0.2) is 72.8 Å². The van der Waals surface area contributed by atoms with E-state index in [0.29, 0.717) is 0 Å². The molecular weight excluding hydrogens is 376 g/mol. The van der Waals surface area contributed by atoms with Crippen LogP contribution in [0.2, 0.25) is 0 Å². The first-order valence-corrected chi connectivity index (χ1v) is 10.8. The highest BCUT2D eigenvalue weighted by atomic mass is 14.9. The maximum absolute atomic E-state index is 5.09. The molecule has 2 heteroatoms. The summed E-state index contributed by atoms with van der Waals surface area (Å²) in [7, 11) is 0. The molecule has 152 valence electrons. The molecule has 0 spiro atoms. The minimum absolute atomic E-state index is 0.794. The van der Waals surface area contributed by atoms with E-state index in [0.717, 1.165) is 23.3 Å². The predicted octanol–water partition coefficient (Wildman–Crippen LogP) is 7.40. The molecule has 0 amide bonds. The molecule has 0 radical (unpaired) electrons. The third kappa shape index (κ3) is 3.66. The summed E-state index contributed by atoms with van der Waals surface area (Å²) in [5, 5.41) is 2.54. The van der Waals surface area contributed by atoms with Crippen LogP contribution in [0.5, 0.6) is 0 Å². The van der Waals surface area contributed by atoms with Crippen molar-refractivity contribution in [3.8, 4) is 0 Å². The zero-order chi connectivity index (χ0) is 21.4. The van der Waals surface area contributed by atoms with Gasteiger partial charge in [0.25, 0.3) is 0 Å². The molecule has 5 aromatic rings. The first-order valence-electron chi connectivity index (χ1n) is 10.8. The summed E-state index contributed by atoms with van der Waals surface area (Å²) in [5.41, 5.74) is 9.71. The lowest BCUT2D eigenvalue weighted by atomic mass is 9.93. The maximum atomic E-state index is 5.09. The second kappa shape index (κ2) is 7.88. The van der Waals surface area contributed by atoms with Gasteiger partial charge in [-0.05, 0) is 54.5 Å². The smallest absolute Gasteiger partial charge is 0.111 e. The van der Waals surface area contributed by atoms with E-state index in [-0.39, 0.29) is 0 Å². The van der Waals surface area contributed by atoms with Crippen LogP contribution in [0.4, 0.5) is 0 Å². The van der Waals surface area contributed by atoms with E-state index in [2.05, 4.69) is 105 Å². The fourth-order valence-corrected chi connectivity index (χ4v) is 4.61. The molecule has 0 saturated heterocycles. The maximum Gasteiger partial charge on any atom is 0.111 e. The first kappa shape index (κ1) is 19.3. The SMILES string of the molecule is Cc1cc(C)c2c(C)c(C=Cc3ccccc3)c3[nH]c(Cc4ccccc4)nc3c2c1. The van der Waals surface area contributed by atoms with Gasteiger partial charge in [0, 0.05) is 17.4 Å². The van der Waals surface area contributed by atoms with Crippen molar-refractivity contribution in [2.24, 2.45) is 0 Å². The van der Waals surface area contributed by atoms with E-state index >= 15 is 0 Å². The lowest BCUT2D eigenvalue weighted by Gasteiger charge is -2.12. The van der Waals surface area contributed by atoms with Crippen molar-refractivity contribution in [2.75, 3.05) is 0 Å². The Kier molecular flexibility index (Phi) is 4.91. The molecule has 1 aromatic heterocycles. The second-order valence-corrected chi connectivity index (χ2v) is 8.36. The Bertz CT molecular complexity index is 1410. The molecule has 4 aromatic carbocycles. The molecule has 1 N–H and O–H groups in total. The van der Waals surface area contributed by atoms with Gasteiger partial charge >= 0.3 is 0 Å². The first-order chi connectivity index (χ1) is 15.1. The second-order valence-electron chi connectivity index (χ2n) is 8.36. The normalized spacial score (nSPS) is 11.7. The number of benzene rings is 4. The summed E-state index contributed by atoms with van der Waals surface area (Å²) >= 11 is 0. The Morgan fingerprint density at radius 2 is 1.55 bits per heavy atom. The molecule has 31 heavy (non-hydrogen) atoms. The van der Waals surface area contributed by atoms with Gasteiger partial charge in [-0.2, -0.15) is 0 Å². The van der Waals surface area contributed by atoms with Crippen LogP contribution in [0, 0.1) is 20.8 Å². The molecule has 0 aliphatic rings. The van der Waals surface area contributed by atoms with Gasteiger partial charge in [0.2, 0.25) is 0 Å². The van der Waals surface area contributed by atoms with Crippen molar-refractivity contribution in [1.29, 1.82) is 0 Å². The molecule has 1 heterocycles. The Labute approximate surface area is 183 Å². The molecule has 0 aliphatic carbocycles. The summed E-state index contributed by atoms with van der Waals surface area (Å²) in [5.74, 6) is 1.00. The van der Waals surface area contributed by atoms with E-state index in [4.69, 9.17) is 4.98 Å². The molecular formula is C29H26N2. The van der Waals surface area contributed by atoms with Crippen LogP contribution < -0.4 is 0 Å². The molecule has 0 unspecified atom stereocenters. The lowest BCUT2D eigenvalue weighted by molar-refractivity contribution is 1.04. The fourth-order valence-electron chi connectivity index (χ4n) is 4.61. The van der Waals surface area contributed by atoms with Crippen molar-refractivity contribution in [3.05, 3.63) is 112 Å². The minimum Gasteiger partial charge on any atom is -0.341 e. The number of hydrogen-bond donors (Lipinski definition) is 1. The van der Waals surface area contributed by atoms with Crippen molar-refractivity contribution < 1.29 is 0 Å². The topological polar surface area (TPSA) is 28.7 Å². The van der Waals surface area contributed by atoms with Gasteiger partial charge < -0.3 is 4.98 Å². The van der Waals surface area contributed by atoms with Crippen LogP contribution >= 0.6 is 0 Å². The number of nitrogens with zero attached hydrogens (tertiary/aromatic N) is 1. The number of aryl methyl sites for hydroxylation is 3. The molecule has 0 atom stereocenters. The summed E-state index contributed by atoms with van der Waals surface area (Å²) < 4.78 is 0. The van der Waals surface area contributed by atoms with E-state index in [1.165, 1.54) is 44.2 Å². The number of fused-ring (bicyclic) bond motifs is 3. The van der Waals surface area contributed by atoms with Crippen molar-refractivity contribution >= 4 is 34.0 Å². The molecule has 0 bridgehead atoms. The van der Waals surface area contributed by atoms with E-state index in [1.54, 1.807) is 0 Å². The summed E-state index contributed by atoms with van der Waals surface area (Å²) in [6, 6.07) is 25.5. The number of hydrogen-bond acceptors (Lipinski definition) is 1. The largest absolute Gasteiger partial charge is 0.341 e. The lowest BCUT2D eigenvalue weighted by Crippen LogP contribution is -1.92. The number of rotatable bonds is 4. The number of aromatic amines is 1. The Morgan fingerprint density at radius 3 is 2.29 bits per heavy atom. The molecule has 0 aliphatic heterocycles. The van der Waals surface area contributed by atoms with Gasteiger partial charge in [-0.3, -0.25) is 0 Å². The quantitative estimate of drug-likeness (QED) is 0.312. The molecule has 0 fully saturated rings. The van der Waals surface area contributed by atoms with Crippen LogP contribution in [-0.4, -0.2) is 9.97 Å². The highest BCUT2D eigenvalue weighted by molar-refractivity contribution is 6.11. The molecule has 0 saturated carbocycles. The fraction of sp³-hybridized carbons (Fsp3) is 0.138. The highest BCUT2D eigenvalue weighted by Gasteiger charge is 2.16. The highest BCUT2D eigenvalue weighted by Crippen LogP contribution is 2.35. The van der Waals surface area contributed by atoms with Crippen LogP contribution in [0.25, 0.3) is 34.0 Å². The predicted molar refractivity (Wildman–Crippen MR) is 132 cm³/mol. The Balaban J connectivity index is 1.75. The van der Waals surface area contributed by atoms with Crippen LogP contribution in [0.1, 0.15) is 39.2 Å². The zero-order valence-electron chi connectivity index (χ0n) is 18.2. The average Bonchev–Trinajstić information content (AvgIpc) is 3.18. The van der Waals surface area contributed by atoms with Gasteiger partial charge in [-0.25, -0.2) is 4.98 Å². The van der Waals surface area contributed by atoms with E-state index in [1.807, 2.05) is 6.07 Å². The Morgan fingerprint density at radius 1 is 0.839 bits per heavy atom. The third-order valence-electron chi connectivity index (χ3n) is 5.99. The monoisotopic (exact) mass is 402 g/mol. The van der Waals surface area contributed by atoms with E-state index < -0.39 is 0 Å². The van der Waals surface area contributed by atoms with Gasteiger partial charge in [-0.15, -0.1) is 0 Å². The number of H-pyrrole nitrogens is 1. The molecule has 5 rings (SSSR count). The summed E-state index contributed by atoms with van der Waals surface area (Å²) in [6.45, 7) is 6.59. The van der Waals surface area contributed by atoms with Crippen LogP contribution in [-0.2, 0) is 6.42 Å². The van der Waals surface area contributed by atoms with E-state index in [9.17, 15) is 0 Å². The van der Waals surface area contributed by atoms with Crippen LogP contribution in [0.3, 0.4) is 0 Å². The zero-order valence-corrected chi connectivity index (χ0v) is 18.2. The van der Waals surface area contributed by atoms with Crippen molar-refractivity contribution in [1.82, 2.24) is 9.97 Å². The summed E-state index contributed by atoms with van der Waals surface area (Å²) in [6.07, 6.45) is 5.22. The van der Waals surface area contributed by atoms with Gasteiger partial charge in [0.15, 0.2) is 0 Å². The van der Waals surface area contributed by atoms with Crippen molar-refractivity contribution in [3.63, 3.8) is 0 Å². The number of nitrogens with one attached hydrogen (secondary N) is 1. The van der Waals surface area contributed by atoms with Crippen molar-refractivity contribution in [2.45, 2.75) is 27.2 Å². The number of aromatic nitrogens is 2. The summed E-state index contributed by atoms with van der Waals surface area (Å²) in [4.78, 5) is 8.74. The standard InChI is InChI=1S/C29H26N2/c1-19-16-20(2)27-21(3)24(15-14-22-10-6-4-7-11-22)28-29(25(27)17-19)31-26(30-28)18-23-12-8-5-9-13-23/h4-17H,18H2,1-3H3,(H,30,31). The van der Waals surface area contributed by atoms with Gasteiger partial charge in [0.1, 0.15) is 5.82 Å².